The maximum Gasteiger partial charge on any atom is 0.264 e. The molecule has 0 radical (unpaired) electrons. The van der Waals surface area contributed by atoms with Gasteiger partial charge in [-0.05, 0) is 195 Å². The summed E-state index contributed by atoms with van der Waals surface area (Å²) >= 11 is 0. The maximum absolute atomic E-state index is 13.8. The predicted molar refractivity (Wildman–Crippen MR) is 544 cm³/mol. The highest BCUT2D eigenvalue weighted by molar-refractivity contribution is 6.23. The number of hydrogen-bond acceptors (Lipinski definition) is 8. The van der Waals surface area contributed by atoms with Gasteiger partial charge in [-0.3, -0.25) is 36.8 Å². The lowest BCUT2D eigenvalue weighted by molar-refractivity contribution is 1.19. The van der Waals surface area contributed by atoms with E-state index in [4.69, 9.17) is 19.9 Å². The van der Waals surface area contributed by atoms with Gasteiger partial charge in [0.25, 0.3) is 22.2 Å². The highest BCUT2D eigenvalue weighted by Gasteiger charge is 2.25. The van der Waals surface area contributed by atoms with Crippen LogP contribution in [0.15, 0.2) is 456 Å². The van der Waals surface area contributed by atoms with Gasteiger partial charge in [0, 0.05) is 64.6 Å². The van der Waals surface area contributed by atoms with Crippen molar-refractivity contribution in [2.75, 3.05) is 0 Å². The molecule has 8 heterocycles. The molecule has 0 aliphatic heterocycles. The van der Waals surface area contributed by atoms with Gasteiger partial charge in [-0.15, -0.1) is 0 Å². The van der Waals surface area contributed by atoms with E-state index in [1.807, 2.05) is 206 Å². The molecule has 0 aliphatic rings. The van der Waals surface area contributed by atoms with E-state index in [0.717, 1.165) is 219 Å². The van der Waals surface area contributed by atoms with E-state index in [1.54, 1.807) is 17.6 Å². The summed E-state index contributed by atoms with van der Waals surface area (Å²) in [7, 11) is 0. The molecule has 0 saturated heterocycles. The van der Waals surface area contributed by atoms with Crippen molar-refractivity contribution in [1.82, 2.24) is 37.5 Å². The molecule has 132 heavy (non-hydrogen) atoms. The van der Waals surface area contributed by atoms with Crippen LogP contribution in [0.3, 0.4) is 0 Å². The van der Waals surface area contributed by atoms with E-state index in [9.17, 15) is 19.2 Å². The number of imidazole rings is 4. The van der Waals surface area contributed by atoms with Gasteiger partial charge in [0.2, 0.25) is 0 Å². The molecular weight excluding hydrogens is 1620 g/mol. The molecule has 8 aromatic heterocycles. The summed E-state index contributed by atoms with van der Waals surface area (Å²) in [5.74, 6) is 0. The molecule has 0 fully saturated rings. The summed E-state index contributed by atoms with van der Waals surface area (Å²) in [6.07, 6.45) is 0. The molecule has 28 aromatic rings. The van der Waals surface area contributed by atoms with Crippen LogP contribution in [-0.2, 0) is 0 Å². The number of rotatable bonds is 8. The molecule has 20 aromatic carbocycles. The molecule has 0 amide bonds. The van der Waals surface area contributed by atoms with Crippen LogP contribution in [0, 0.1) is 0 Å². The van der Waals surface area contributed by atoms with Crippen LogP contribution in [0.2, 0.25) is 0 Å². The zero-order valence-electron chi connectivity index (χ0n) is 70.8. The van der Waals surface area contributed by atoms with Crippen molar-refractivity contribution >= 4 is 153 Å². The topological polar surface area (TPSA) is 137 Å². The fourth-order valence-corrected chi connectivity index (χ4v) is 20.1. The Morgan fingerprint density at radius 1 is 0.144 bits per heavy atom. The Balaban J connectivity index is 0.0000000945. The van der Waals surface area contributed by atoms with Gasteiger partial charge in [0.15, 0.2) is 0 Å². The molecule has 0 saturated carbocycles. The van der Waals surface area contributed by atoms with Crippen LogP contribution < -0.4 is 22.2 Å². The summed E-state index contributed by atoms with van der Waals surface area (Å²) < 4.78 is 7.09. The van der Waals surface area contributed by atoms with E-state index in [-0.39, 0.29) is 22.2 Å². The minimum Gasteiger partial charge on any atom is -0.268 e. The second-order valence-corrected chi connectivity index (χ2v) is 33.6. The normalized spacial score (nSPS) is 11.8. The lowest BCUT2D eigenvalue weighted by Gasteiger charge is -2.12. The van der Waals surface area contributed by atoms with Crippen LogP contribution in [0.4, 0.5) is 0 Å². The third-order valence-corrected chi connectivity index (χ3v) is 26.2. The maximum atomic E-state index is 13.8. The highest BCUT2D eigenvalue weighted by Crippen LogP contribution is 2.43. The summed E-state index contributed by atoms with van der Waals surface area (Å²) in [5.41, 5.74) is 27.3. The molecule has 0 atom stereocenters. The minimum absolute atomic E-state index is 0.0247. The zero-order valence-corrected chi connectivity index (χ0v) is 70.8. The Labute approximate surface area is 752 Å². The fraction of sp³-hybridized carbons (Fsp3) is 0. The highest BCUT2D eigenvalue weighted by atomic mass is 16.1. The monoisotopic (exact) mass is 1690 g/mol. The second-order valence-electron chi connectivity index (χ2n) is 33.6. The van der Waals surface area contributed by atoms with Gasteiger partial charge < -0.3 is 0 Å². The number of nitrogens with zero attached hydrogens (tertiary/aromatic N) is 8. The Bertz CT molecular complexity index is 9080. The number of aromatic nitrogens is 8. The fourth-order valence-electron chi connectivity index (χ4n) is 20.1. The largest absolute Gasteiger partial charge is 0.268 e. The van der Waals surface area contributed by atoms with Crippen molar-refractivity contribution in [3.63, 3.8) is 0 Å². The van der Waals surface area contributed by atoms with E-state index in [1.165, 1.54) is 0 Å². The zero-order chi connectivity index (χ0) is 87.8. The van der Waals surface area contributed by atoms with Gasteiger partial charge in [0.05, 0.1) is 44.1 Å². The van der Waals surface area contributed by atoms with E-state index in [2.05, 4.69) is 231 Å². The summed E-state index contributed by atoms with van der Waals surface area (Å²) in [6, 6.07) is 148. The molecule has 0 unspecified atom stereocenters. The van der Waals surface area contributed by atoms with Crippen LogP contribution >= 0.6 is 0 Å². The number of benzene rings is 20. The van der Waals surface area contributed by atoms with E-state index < -0.39 is 0 Å². The van der Waals surface area contributed by atoms with Gasteiger partial charge in [-0.2, -0.15) is 0 Å². The number of fused-ring (bicyclic) bond motifs is 16. The van der Waals surface area contributed by atoms with Gasteiger partial charge in [-0.25, -0.2) is 19.9 Å². The predicted octanol–water partition coefficient (Wildman–Crippen LogP) is 27.7. The number of pyridine rings is 4. The third kappa shape index (κ3) is 12.4. The quantitative estimate of drug-likeness (QED) is 0.147. The summed E-state index contributed by atoms with van der Waals surface area (Å²) in [6.45, 7) is 0. The summed E-state index contributed by atoms with van der Waals surface area (Å²) in [4.78, 5) is 74.7. The van der Waals surface area contributed by atoms with Gasteiger partial charge in [0.1, 0.15) is 22.6 Å². The Kier molecular flexibility index (Phi) is 17.9. The van der Waals surface area contributed by atoms with Crippen LogP contribution in [0.5, 0.6) is 0 Å². The molecule has 0 bridgehead atoms. The van der Waals surface area contributed by atoms with Crippen LogP contribution in [0.1, 0.15) is 0 Å². The summed E-state index contributed by atoms with van der Waals surface area (Å²) in [5, 5.41) is 15.1. The molecule has 0 spiro atoms. The molecule has 0 aliphatic carbocycles. The van der Waals surface area contributed by atoms with Crippen molar-refractivity contribution in [2.24, 2.45) is 0 Å². The first-order chi connectivity index (χ1) is 65.2. The van der Waals surface area contributed by atoms with Crippen molar-refractivity contribution in [1.29, 1.82) is 0 Å². The standard InChI is InChI=1S/4C30H18N2O/c33-30-25-13-7-12-23-22(20-10-5-2-6-11-20)15-16-24(28(23)25)29-31-26-18-21(14-17-27(26)32(29)30)19-8-3-1-4-9-19;33-30-25-13-7-12-23-22(20-10-5-2-6-11-20)15-16-24(28(23)25)29-31-26-17-14-21(18-27(26)32(29)30)19-8-3-1-4-9-19;33-30-25-16-15-22(20-10-5-2-6-11-20)23-12-7-13-24(28(23)25)29-31-26-18-21(14-17-27(26)32(29)30)19-8-3-1-4-9-19;33-30-25-16-15-22(20-10-5-2-6-11-20)23-12-7-13-24(28(23)25)29-31-26-17-14-21(18-27(26)32(29)30)19-8-3-1-4-9-19/h4*1-18H. The van der Waals surface area contributed by atoms with Crippen molar-refractivity contribution in [3.05, 3.63) is 478 Å². The van der Waals surface area contributed by atoms with Crippen molar-refractivity contribution < 1.29 is 0 Å². The average molecular weight is 1690 g/mol. The Morgan fingerprint density at radius 2 is 0.356 bits per heavy atom. The molecule has 12 nitrogen and oxygen atoms in total. The van der Waals surface area contributed by atoms with Crippen molar-refractivity contribution in [2.45, 2.75) is 0 Å². The SMILES string of the molecule is O=c1c2ccc(-c3ccccc3)c3cccc(c32)c2nc3cc(-c4ccccc4)ccc3n12.O=c1c2ccc(-c3ccccc3)c3cccc(c32)c2nc3ccc(-c4ccccc4)cc3n12.O=c1c2cccc3c(-c4ccccc4)ccc(c32)c2nc3cc(-c4ccccc4)ccc3n12.O=c1c2cccc3c(-c4ccccc4)ccc(c32)c2nc3ccc(-c4ccccc4)cc3n12. The van der Waals surface area contributed by atoms with Gasteiger partial charge >= 0.3 is 0 Å². The van der Waals surface area contributed by atoms with Crippen LogP contribution in [0.25, 0.3) is 242 Å². The van der Waals surface area contributed by atoms with E-state index >= 15 is 0 Å². The van der Waals surface area contributed by atoms with Crippen LogP contribution in [-0.4, -0.2) is 37.5 Å². The lowest BCUT2D eigenvalue weighted by Crippen LogP contribution is -2.13. The Hall–Kier alpha value is -18.0. The van der Waals surface area contributed by atoms with Gasteiger partial charge in [-0.1, -0.05) is 352 Å². The number of hydrogen-bond donors (Lipinski definition) is 0. The first-order valence-corrected chi connectivity index (χ1v) is 44.1. The molecular formula is C120H72N8O4. The lowest BCUT2D eigenvalue weighted by atomic mass is 9.94. The second kappa shape index (κ2) is 31.0. The van der Waals surface area contributed by atoms with Crippen molar-refractivity contribution in [3.8, 4) is 89.0 Å². The third-order valence-electron chi connectivity index (χ3n) is 26.2. The molecule has 28 rings (SSSR count). The van der Waals surface area contributed by atoms with E-state index in [0.29, 0.717) is 22.6 Å². The molecule has 12 heteroatoms. The first-order valence-electron chi connectivity index (χ1n) is 44.1. The first kappa shape index (κ1) is 76.4. The molecule has 616 valence electrons. The minimum atomic E-state index is -0.0268. The smallest absolute Gasteiger partial charge is 0.264 e. The average Bonchev–Trinajstić information content (AvgIpc) is 1.58. The molecule has 0 N–H and O–H groups in total. The Morgan fingerprint density at radius 3 is 0.644 bits per heavy atom.